The smallest absolute Gasteiger partial charge is 0.326 e. The molecule has 0 saturated carbocycles. The Kier molecular flexibility index (Phi) is 12.6. The average molecular weight is 373 g/mol. The lowest BCUT2D eigenvalue weighted by Crippen LogP contribution is -2.52. The van der Waals surface area contributed by atoms with Crippen molar-refractivity contribution < 1.29 is 19.5 Å². The van der Waals surface area contributed by atoms with Gasteiger partial charge < -0.3 is 38.3 Å². The molecule has 0 aliphatic heterocycles. The highest BCUT2D eigenvalue weighted by molar-refractivity contribution is 5.90. The molecule has 0 fully saturated rings. The van der Waals surface area contributed by atoms with Crippen LogP contribution in [0.2, 0.25) is 0 Å². The normalized spacial score (nSPS) is 12.7. The number of aliphatic imine (C=N–C) groups is 1. The maximum atomic E-state index is 12.4. The van der Waals surface area contributed by atoms with Crippen molar-refractivity contribution in [2.24, 2.45) is 22.2 Å². The number of aliphatic carboxylic acids is 1. The van der Waals surface area contributed by atoms with Crippen LogP contribution in [0.3, 0.4) is 0 Å². The summed E-state index contributed by atoms with van der Waals surface area (Å²) < 4.78 is 0. The van der Waals surface area contributed by atoms with Gasteiger partial charge in [-0.2, -0.15) is 0 Å². The van der Waals surface area contributed by atoms with E-state index in [1.165, 1.54) is 0 Å². The second kappa shape index (κ2) is 13.8. The minimum atomic E-state index is -1.13. The van der Waals surface area contributed by atoms with Gasteiger partial charge in [0, 0.05) is 6.54 Å². The lowest BCUT2D eigenvalue weighted by Gasteiger charge is -2.21. The van der Waals surface area contributed by atoms with E-state index in [4.69, 9.17) is 17.2 Å². The van der Waals surface area contributed by atoms with Gasteiger partial charge in [0.1, 0.15) is 12.1 Å². The molecule has 2 atom stereocenters. The van der Waals surface area contributed by atoms with Crippen molar-refractivity contribution in [1.82, 2.24) is 16.0 Å². The first-order valence-electron chi connectivity index (χ1n) is 8.54. The molecule has 0 aliphatic rings. The summed E-state index contributed by atoms with van der Waals surface area (Å²) >= 11 is 0. The lowest BCUT2D eigenvalue weighted by atomic mass is 10.1. The van der Waals surface area contributed by atoms with E-state index < -0.39 is 24.0 Å². The Bertz CT molecular complexity index is 481. The number of hydrogen-bond donors (Lipinski definition) is 7. The molecule has 0 aliphatic carbocycles. The zero-order valence-corrected chi connectivity index (χ0v) is 15.2. The average Bonchev–Trinajstić information content (AvgIpc) is 2.56. The number of unbranched alkanes of at least 4 members (excludes halogenated alkanes) is 1. The third-order valence-corrected chi connectivity index (χ3v) is 3.50. The summed E-state index contributed by atoms with van der Waals surface area (Å²) in [6.07, 6.45) is 2.23. The van der Waals surface area contributed by atoms with E-state index in [9.17, 15) is 19.5 Å². The number of carbonyl (C=O) groups excluding carboxylic acids is 2. The van der Waals surface area contributed by atoms with Gasteiger partial charge in [-0.1, -0.05) is 0 Å². The van der Waals surface area contributed by atoms with Crippen LogP contribution >= 0.6 is 0 Å². The summed E-state index contributed by atoms with van der Waals surface area (Å²) in [5, 5.41) is 17.0. The fraction of sp³-hybridized carbons (Fsp3) is 0.733. The molecule has 0 bridgehead atoms. The van der Waals surface area contributed by atoms with Crippen LogP contribution in [0.4, 0.5) is 0 Å². The van der Waals surface area contributed by atoms with Crippen LogP contribution in [0.15, 0.2) is 4.99 Å². The number of amides is 2. The molecule has 0 rings (SSSR count). The second-order valence-corrected chi connectivity index (χ2v) is 5.78. The third-order valence-electron chi connectivity index (χ3n) is 3.50. The Morgan fingerprint density at radius 1 is 1.04 bits per heavy atom. The minimum absolute atomic E-state index is 0.0382. The van der Waals surface area contributed by atoms with Gasteiger partial charge in [-0.15, -0.1) is 0 Å². The lowest BCUT2D eigenvalue weighted by molar-refractivity contribution is -0.142. The van der Waals surface area contributed by atoms with E-state index in [1.54, 1.807) is 7.05 Å². The molecule has 26 heavy (non-hydrogen) atoms. The van der Waals surface area contributed by atoms with Gasteiger partial charge in [0.05, 0.1) is 6.54 Å². The summed E-state index contributed by atoms with van der Waals surface area (Å²) in [5.74, 6) is -2.11. The number of rotatable bonds is 14. The molecule has 10 N–H and O–H groups in total. The largest absolute Gasteiger partial charge is 0.480 e. The Hall–Kier alpha value is -2.40. The number of nitrogens with two attached hydrogens (primary N) is 3. The van der Waals surface area contributed by atoms with Gasteiger partial charge >= 0.3 is 5.97 Å². The van der Waals surface area contributed by atoms with Gasteiger partial charge in [0.25, 0.3) is 0 Å². The zero-order chi connectivity index (χ0) is 19.9. The Morgan fingerprint density at radius 3 is 2.23 bits per heavy atom. The van der Waals surface area contributed by atoms with Gasteiger partial charge in [-0.3, -0.25) is 14.6 Å². The zero-order valence-electron chi connectivity index (χ0n) is 15.2. The monoisotopic (exact) mass is 373 g/mol. The van der Waals surface area contributed by atoms with E-state index in [0.29, 0.717) is 32.4 Å². The predicted octanol–water partition coefficient (Wildman–Crippen LogP) is -2.56. The first-order valence-corrected chi connectivity index (χ1v) is 8.54. The highest BCUT2D eigenvalue weighted by Gasteiger charge is 2.25. The number of guanidine groups is 1. The highest BCUT2D eigenvalue weighted by Crippen LogP contribution is 2.04. The number of nitrogens with one attached hydrogen (secondary N) is 3. The fourth-order valence-electron chi connectivity index (χ4n) is 2.20. The Balaban J connectivity index is 4.83. The molecule has 0 aromatic heterocycles. The molecule has 2 amide bonds. The molecule has 11 nitrogen and oxygen atoms in total. The van der Waals surface area contributed by atoms with Gasteiger partial charge in [-0.05, 0) is 45.7 Å². The summed E-state index contributed by atoms with van der Waals surface area (Å²) in [5.41, 5.74) is 15.9. The van der Waals surface area contributed by atoms with Crippen LogP contribution in [0.1, 0.15) is 32.1 Å². The van der Waals surface area contributed by atoms with E-state index in [2.05, 4.69) is 20.9 Å². The fourth-order valence-corrected chi connectivity index (χ4v) is 2.20. The minimum Gasteiger partial charge on any atom is -0.480 e. The van der Waals surface area contributed by atoms with E-state index in [-0.39, 0.29) is 31.3 Å². The number of carboxylic acids is 1. The van der Waals surface area contributed by atoms with E-state index >= 15 is 0 Å². The molecule has 0 heterocycles. The van der Waals surface area contributed by atoms with Crippen molar-refractivity contribution in [3.63, 3.8) is 0 Å². The first-order chi connectivity index (χ1) is 12.3. The van der Waals surface area contributed by atoms with Crippen LogP contribution in [-0.2, 0) is 14.4 Å². The number of carbonyl (C=O) groups is 3. The number of carboxylic acid groups (broad SMARTS) is 1. The van der Waals surface area contributed by atoms with Crippen molar-refractivity contribution in [2.75, 3.05) is 26.7 Å². The van der Waals surface area contributed by atoms with Crippen molar-refractivity contribution in [1.29, 1.82) is 0 Å². The maximum Gasteiger partial charge on any atom is 0.326 e. The quantitative estimate of drug-likeness (QED) is 0.0979. The van der Waals surface area contributed by atoms with Crippen LogP contribution in [0.5, 0.6) is 0 Å². The summed E-state index contributed by atoms with van der Waals surface area (Å²) in [7, 11) is 1.60. The van der Waals surface area contributed by atoms with Crippen molar-refractivity contribution in [3.8, 4) is 0 Å². The number of hydrogen-bond acceptors (Lipinski definition) is 6. The predicted molar refractivity (Wildman–Crippen MR) is 98.2 cm³/mol. The van der Waals surface area contributed by atoms with Crippen molar-refractivity contribution in [3.05, 3.63) is 0 Å². The van der Waals surface area contributed by atoms with Crippen LogP contribution in [-0.4, -0.2) is 67.6 Å². The molecule has 0 unspecified atom stereocenters. The Labute approximate surface area is 153 Å². The van der Waals surface area contributed by atoms with Gasteiger partial charge in [-0.25, -0.2) is 4.79 Å². The van der Waals surface area contributed by atoms with Crippen LogP contribution < -0.4 is 33.2 Å². The molecule has 150 valence electrons. The molecule has 0 saturated heterocycles. The maximum absolute atomic E-state index is 12.4. The third kappa shape index (κ3) is 11.2. The van der Waals surface area contributed by atoms with E-state index in [0.717, 1.165) is 0 Å². The molecule has 0 aromatic rings. The number of nitrogens with zero attached hydrogens (tertiary/aromatic N) is 1. The van der Waals surface area contributed by atoms with Crippen LogP contribution in [0, 0.1) is 0 Å². The molecule has 11 heteroatoms. The second-order valence-electron chi connectivity index (χ2n) is 5.78. The standard InChI is InChI=1S/C15H31N7O4/c1-19-9-12(23)21-10(6-4-8-20-15(17)18)13(24)22-11(14(25)26)5-2-3-7-16/h10-11,19H,2-9,16H2,1H3,(H,21,23)(H,22,24)(H,25,26)(H4,17,18,20)/t10-,11-/m0/s1. The molecule has 0 radical (unpaired) electrons. The molecule has 0 aromatic carbocycles. The molecular formula is C15H31N7O4. The van der Waals surface area contributed by atoms with Gasteiger partial charge in [0.2, 0.25) is 11.8 Å². The summed E-state index contributed by atoms with van der Waals surface area (Å²) in [6.45, 7) is 0.789. The summed E-state index contributed by atoms with van der Waals surface area (Å²) in [6, 6.07) is -1.91. The molecular weight excluding hydrogens is 342 g/mol. The van der Waals surface area contributed by atoms with Crippen molar-refractivity contribution >= 4 is 23.7 Å². The van der Waals surface area contributed by atoms with Crippen molar-refractivity contribution in [2.45, 2.75) is 44.2 Å². The topological polar surface area (TPSA) is 198 Å². The SMILES string of the molecule is CNCC(=O)N[C@@H](CCCN=C(N)N)C(=O)N[C@@H](CCCCN)C(=O)O. The molecule has 0 spiro atoms. The highest BCUT2D eigenvalue weighted by atomic mass is 16.4. The van der Waals surface area contributed by atoms with Gasteiger partial charge in [0.15, 0.2) is 5.96 Å². The van der Waals surface area contributed by atoms with E-state index in [1.807, 2.05) is 0 Å². The van der Waals surface area contributed by atoms with Crippen LogP contribution in [0.25, 0.3) is 0 Å². The first kappa shape index (κ1) is 23.6. The number of likely N-dealkylation sites (N-methyl/N-ethyl adjacent to an activating group) is 1. The summed E-state index contributed by atoms with van der Waals surface area (Å²) in [4.78, 5) is 39.4. The Morgan fingerprint density at radius 2 is 1.69 bits per heavy atom.